The van der Waals surface area contributed by atoms with Crippen LogP contribution in [0.4, 0.5) is 0 Å². The molecule has 0 saturated heterocycles. The second-order valence-corrected chi connectivity index (χ2v) is 12.2. The van der Waals surface area contributed by atoms with Gasteiger partial charge in [0.25, 0.3) is 0 Å². The smallest absolute Gasteiger partial charge is 0.144 e. The van der Waals surface area contributed by atoms with Crippen LogP contribution < -0.4 is 5.73 Å². The molecule has 4 heteroatoms. The lowest BCUT2D eigenvalue weighted by atomic mass is 9.41. The van der Waals surface area contributed by atoms with Crippen LogP contribution in [-0.4, -0.2) is 23.6 Å². The lowest BCUT2D eigenvalue weighted by Crippen LogP contribution is -2.58. The van der Waals surface area contributed by atoms with Gasteiger partial charge in [-0.05, 0) is 87.9 Å². The second-order valence-electron chi connectivity index (χ2n) is 12.2. The van der Waals surface area contributed by atoms with Gasteiger partial charge in [-0.3, -0.25) is 4.79 Å². The Morgan fingerprint density at radius 2 is 1.76 bits per heavy atom. The highest BCUT2D eigenvalue weighted by molar-refractivity contribution is 5.90. The van der Waals surface area contributed by atoms with E-state index < -0.39 is 5.60 Å². The number of fused-ring (bicyclic) bond motifs is 5. The Morgan fingerprint density at radius 1 is 1.03 bits per heavy atom. The predicted molar refractivity (Wildman–Crippen MR) is 118 cm³/mol. The van der Waals surface area contributed by atoms with Crippen LogP contribution in [0.25, 0.3) is 0 Å². The first-order valence-electron chi connectivity index (χ1n) is 11.9. The molecule has 0 spiro atoms. The van der Waals surface area contributed by atoms with Gasteiger partial charge in [-0.15, -0.1) is 0 Å². The molecule has 0 aromatic heterocycles. The lowest BCUT2D eigenvalue weighted by molar-refractivity contribution is -0.142. The summed E-state index contributed by atoms with van der Waals surface area (Å²) in [6.45, 7) is 14.1. The van der Waals surface area contributed by atoms with E-state index in [-0.39, 0.29) is 10.8 Å². The largest absolute Gasteiger partial charge is 0.389 e. The van der Waals surface area contributed by atoms with E-state index in [1.807, 2.05) is 13.8 Å². The van der Waals surface area contributed by atoms with E-state index in [1.165, 1.54) is 31.4 Å². The van der Waals surface area contributed by atoms with Crippen molar-refractivity contribution in [3.63, 3.8) is 0 Å². The van der Waals surface area contributed by atoms with Gasteiger partial charge >= 0.3 is 0 Å². The molecule has 4 rings (SSSR count). The van der Waals surface area contributed by atoms with Crippen molar-refractivity contribution in [2.45, 2.75) is 98.5 Å². The van der Waals surface area contributed by atoms with Gasteiger partial charge in [0.05, 0.1) is 5.71 Å². The maximum absolute atomic E-state index is 12.7. The van der Waals surface area contributed by atoms with Gasteiger partial charge in [0.1, 0.15) is 11.4 Å². The molecular weight excluding hydrogens is 360 g/mol. The Labute approximate surface area is 177 Å². The van der Waals surface area contributed by atoms with Gasteiger partial charge in [-0.25, -0.2) is 0 Å². The van der Waals surface area contributed by atoms with Crippen LogP contribution in [0.1, 0.15) is 92.9 Å². The number of Topliss-reactive ketones (excluding diaryl/α,β-unsaturated/α-hetero) is 1. The van der Waals surface area contributed by atoms with Crippen LogP contribution in [0.15, 0.2) is 5.16 Å². The molecule has 164 valence electrons. The van der Waals surface area contributed by atoms with Gasteiger partial charge < -0.3 is 10.6 Å². The summed E-state index contributed by atoms with van der Waals surface area (Å²) >= 11 is 0. The van der Waals surface area contributed by atoms with Crippen molar-refractivity contribution < 1.29 is 9.63 Å². The first-order valence-corrected chi connectivity index (χ1v) is 11.9. The molecule has 4 fully saturated rings. The monoisotopic (exact) mass is 402 g/mol. The molecule has 0 heterocycles. The molecular formula is C25H42N2O2. The molecule has 6 atom stereocenters. The Hall–Kier alpha value is -0.900. The van der Waals surface area contributed by atoms with Crippen molar-refractivity contribution in [1.82, 2.24) is 0 Å². The van der Waals surface area contributed by atoms with E-state index in [0.29, 0.717) is 29.6 Å². The summed E-state index contributed by atoms with van der Waals surface area (Å²) in [5.41, 5.74) is 7.02. The van der Waals surface area contributed by atoms with Crippen LogP contribution in [0.5, 0.6) is 0 Å². The van der Waals surface area contributed by atoms with E-state index in [2.05, 4.69) is 32.9 Å². The molecule has 29 heavy (non-hydrogen) atoms. The van der Waals surface area contributed by atoms with E-state index in [4.69, 9.17) is 10.6 Å². The zero-order chi connectivity index (χ0) is 21.2. The normalized spacial score (nSPS) is 45.5. The van der Waals surface area contributed by atoms with Crippen LogP contribution in [0, 0.1) is 39.9 Å². The fourth-order valence-corrected chi connectivity index (χ4v) is 8.06. The fraction of sp³-hybridized carbons (Fsp3) is 0.920. The molecule has 0 aromatic rings. The molecule has 4 saturated carbocycles. The van der Waals surface area contributed by atoms with Gasteiger partial charge in [0.2, 0.25) is 0 Å². The molecule has 1 unspecified atom stereocenters. The zero-order valence-electron chi connectivity index (χ0n) is 19.5. The first kappa shape index (κ1) is 21.3. The number of nitrogens with two attached hydrogens (primary N) is 1. The van der Waals surface area contributed by atoms with Crippen molar-refractivity contribution in [3.05, 3.63) is 0 Å². The number of rotatable bonds is 3. The van der Waals surface area contributed by atoms with Gasteiger partial charge in [0, 0.05) is 23.8 Å². The molecule has 2 N–H and O–H groups in total. The Kier molecular flexibility index (Phi) is 5.00. The molecule has 0 radical (unpaired) electrons. The number of ketones is 1. The number of carbonyl (C=O) groups excluding carboxylic acids is 1. The Morgan fingerprint density at radius 3 is 2.45 bits per heavy atom. The number of carbonyl (C=O) groups is 1. The molecule has 4 nitrogen and oxygen atoms in total. The van der Waals surface area contributed by atoms with Crippen molar-refractivity contribution >= 4 is 11.5 Å². The number of hydrogen-bond donors (Lipinski definition) is 1. The number of oxime groups is 1. The van der Waals surface area contributed by atoms with Crippen LogP contribution in [0.2, 0.25) is 0 Å². The minimum Gasteiger partial charge on any atom is -0.389 e. The third kappa shape index (κ3) is 3.11. The lowest BCUT2D eigenvalue weighted by Gasteiger charge is -2.63. The third-order valence-corrected chi connectivity index (χ3v) is 9.99. The molecule has 0 aromatic carbocycles. The summed E-state index contributed by atoms with van der Waals surface area (Å²) < 4.78 is 0. The zero-order valence-corrected chi connectivity index (χ0v) is 19.5. The maximum atomic E-state index is 12.7. The molecule has 0 amide bonds. The summed E-state index contributed by atoms with van der Waals surface area (Å²) in [7, 11) is 0. The summed E-state index contributed by atoms with van der Waals surface area (Å²) in [5, 5.41) is 4.67. The minimum atomic E-state index is -0.412. The average Bonchev–Trinajstić information content (AvgIpc) is 2.96. The Bertz CT molecular complexity index is 712. The maximum Gasteiger partial charge on any atom is 0.144 e. The van der Waals surface area contributed by atoms with E-state index >= 15 is 0 Å². The molecule has 4 aliphatic carbocycles. The van der Waals surface area contributed by atoms with E-state index in [0.717, 1.165) is 37.5 Å². The summed E-state index contributed by atoms with van der Waals surface area (Å²) in [5.74, 6) is 3.30. The molecule has 0 aliphatic heterocycles. The summed E-state index contributed by atoms with van der Waals surface area (Å²) in [4.78, 5) is 18.5. The standard InChI is InChI=1S/C25H42N2O2/c1-22(2,15-26)29-27-20-12-14-24(5)18-11-13-25(6)17(8-10-21(25)28)16(18)7-9-19(24)23(20,3)4/h16-19H,7-15,26H2,1-6H3/b27-20+/t16-,17-,18-,19?,24+,25-/m0/s1. The highest BCUT2D eigenvalue weighted by Gasteiger charge is 2.62. The third-order valence-electron chi connectivity index (χ3n) is 9.99. The molecule has 4 aliphatic rings. The summed E-state index contributed by atoms with van der Waals surface area (Å²) in [6, 6.07) is 0. The first-order chi connectivity index (χ1) is 13.5. The molecule has 0 bridgehead atoms. The van der Waals surface area contributed by atoms with Crippen molar-refractivity contribution in [1.29, 1.82) is 0 Å². The summed E-state index contributed by atoms with van der Waals surface area (Å²) in [6.07, 6.45) is 9.05. The van der Waals surface area contributed by atoms with Gasteiger partial charge in [0.15, 0.2) is 0 Å². The van der Waals surface area contributed by atoms with E-state index in [1.54, 1.807) is 0 Å². The van der Waals surface area contributed by atoms with Gasteiger partial charge in [-0.1, -0.05) is 32.9 Å². The highest BCUT2D eigenvalue weighted by atomic mass is 16.6. The predicted octanol–water partition coefficient (Wildman–Crippen LogP) is 5.34. The quantitative estimate of drug-likeness (QED) is 0.648. The van der Waals surface area contributed by atoms with Crippen molar-refractivity contribution in [3.8, 4) is 0 Å². The average molecular weight is 403 g/mol. The van der Waals surface area contributed by atoms with Gasteiger partial charge in [-0.2, -0.15) is 0 Å². The van der Waals surface area contributed by atoms with Crippen molar-refractivity contribution in [2.75, 3.05) is 6.54 Å². The highest BCUT2D eigenvalue weighted by Crippen LogP contribution is 2.67. The fourth-order valence-electron chi connectivity index (χ4n) is 8.06. The van der Waals surface area contributed by atoms with Crippen LogP contribution in [0.3, 0.4) is 0 Å². The van der Waals surface area contributed by atoms with Crippen molar-refractivity contribution in [2.24, 2.45) is 50.8 Å². The number of nitrogens with zero attached hydrogens (tertiary/aromatic N) is 1. The van der Waals surface area contributed by atoms with Crippen LogP contribution >= 0.6 is 0 Å². The second kappa shape index (κ2) is 6.80. The minimum absolute atomic E-state index is 0.0250. The van der Waals surface area contributed by atoms with E-state index in [9.17, 15) is 4.79 Å². The number of hydrogen-bond acceptors (Lipinski definition) is 4. The SMILES string of the molecule is CC(C)(CN)O/N=C1\CC[C@@]2(C)C(CC[C@@H]3[C@@H]2CC[C@]2(C)C(=O)CC[C@@H]32)C1(C)C. The topological polar surface area (TPSA) is 64.7 Å². The Balaban J connectivity index is 1.59. The van der Waals surface area contributed by atoms with Crippen LogP contribution in [-0.2, 0) is 9.63 Å².